The number of nitrogens with zero attached hydrogens (tertiary/aromatic N) is 2. The molecular weight excluding hydrogens is 310 g/mol. The molecule has 0 aliphatic carbocycles. The first-order valence-electron chi connectivity index (χ1n) is 6.11. The van der Waals surface area contributed by atoms with Crippen molar-refractivity contribution in [3.8, 4) is 11.5 Å². The average Bonchev–Trinajstić information content (AvgIpc) is 2.95. The van der Waals surface area contributed by atoms with Gasteiger partial charge in [-0.1, -0.05) is 23.1 Å². The molecule has 2 aromatic rings. The molecule has 0 fully saturated rings. The molecule has 1 N–H and O–H groups in total. The number of rotatable bonds is 6. The third-order valence-corrected chi connectivity index (χ3v) is 4.37. The highest BCUT2D eigenvalue weighted by Gasteiger charge is 2.17. The van der Waals surface area contributed by atoms with Gasteiger partial charge in [-0.3, -0.25) is 10.1 Å². The molecule has 2 rings (SSSR count). The lowest BCUT2D eigenvalue weighted by molar-refractivity contribution is -0.122. The van der Waals surface area contributed by atoms with Crippen molar-refractivity contribution in [1.29, 1.82) is 0 Å². The van der Waals surface area contributed by atoms with Crippen LogP contribution < -0.4 is 14.8 Å². The number of thioether (sulfide) groups is 1. The topological polar surface area (TPSA) is 73.3 Å². The van der Waals surface area contributed by atoms with E-state index in [0.29, 0.717) is 10.9 Å². The highest BCUT2D eigenvalue weighted by Crippen LogP contribution is 2.23. The highest BCUT2D eigenvalue weighted by molar-refractivity contribution is 8.00. The van der Waals surface area contributed by atoms with E-state index in [2.05, 4.69) is 15.5 Å². The van der Waals surface area contributed by atoms with Gasteiger partial charge in [0.25, 0.3) is 5.91 Å². The standard InChI is InChI=1S/C13H15N3O3S2/c1-8(19-10-6-4-9(18-2)5-7-10)11(17)14-12-15-16-13(20-3)21-12/h4-8H,1-3H3,(H,14,15,17)/t8-/m1/s1. The van der Waals surface area contributed by atoms with Crippen LogP contribution in [-0.4, -0.2) is 35.6 Å². The minimum absolute atomic E-state index is 0.269. The Morgan fingerprint density at radius 3 is 2.52 bits per heavy atom. The van der Waals surface area contributed by atoms with Gasteiger partial charge in [0.2, 0.25) is 5.13 Å². The Morgan fingerprint density at radius 1 is 1.29 bits per heavy atom. The number of anilines is 1. The molecular formula is C13H15N3O3S2. The van der Waals surface area contributed by atoms with E-state index in [9.17, 15) is 4.79 Å². The third-order valence-electron chi connectivity index (χ3n) is 2.55. The first-order valence-corrected chi connectivity index (χ1v) is 8.15. The van der Waals surface area contributed by atoms with Crippen LogP contribution in [0.1, 0.15) is 6.92 Å². The summed E-state index contributed by atoms with van der Waals surface area (Å²) in [5.41, 5.74) is 0. The van der Waals surface area contributed by atoms with Crippen LogP contribution in [0, 0.1) is 0 Å². The van der Waals surface area contributed by atoms with E-state index >= 15 is 0 Å². The largest absolute Gasteiger partial charge is 0.497 e. The zero-order valence-corrected chi connectivity index (χ0v) is 13.5. The molecule has 0 saturated heterocycles. The van der Waals surface area contributed by atoms with Crippen molar-refractivity contribution in [2.75, 3.05) is 18.7 Å². The Balaban J connectivity index is 1.92. The van der Waals surface area contributed by atoms with Crippen LogP contribution in [0.15, 0.2) is 28.6 Å². The van der Waals surface area contributed by atoms with Crippen LogP contribution >= 0.6 is 23.1 Å². The predicted octanol–water partition coefficient (Wildman–Crippen LogP) is 2.67. The lowest BCUT2D eigenvalue weighted by Crippen LogP contribution is -2.30. The Labute approximate surface area is 130 Å². The normalized spacial score (nSPS) is 11.8. The van der Waals surface area contributed by atoms with Gasteiger partial charge in [-0.05, 0) is 37.4 Å². The zero-order valence-electron chi connectivity index (χ0n) is 11.8. The molecule has 21 heavy (non-hydrogen) atoms. The van der Waals surface area contributed by atoms with Gasteiger partial charge in [-0.25, -0.2) is 0 Å². The minimum Gasteiger partial charge on any atom is -0.497 e. The maximum Gasteiger partial charge on any atom is 0.266 e. The predicted molar refractivity (Wildman–Crippen MR) is 83.4 cm³/mol. The molecule has 0 aliphatic heterocycles. The van der Waals surface area contributed by atoms with E-state index in [1.165, 1.54) is 23.1 Å². The fourth-order valence-electron chi connectivity index (χ4n) is 1.46. The zero-order chi connectivity index (χ0) is 15.2. The molecule has 6 nitrogen and oxygen atoms in total. The van der Waals surface area contributed by atoms with E-state index in [1.807, 2.05) is 6.26 Å². The maximum absolute atomic E-state index is 12.0. The van der Waals surface area contributed by atoms with Crippen LogP contribution in [0.4, 0.5) is 5.13 Å². The summed E-state index contributed by atoms with van der Waals surface area (Å²) >= 11 is 2.81. The van der Waals surface area contributed by atoms with Crippen LogP contribution in [0.25, 0.3) is 0 Å². The molecule has 1 atom stereocenters. The van der Waals surface area contributed by atoms with Crippen molar-refractivity contribution in [1.82, 2.24) is 10.2 Å². The molecule has 1 heterocycles. The number of amides is 1. The van der Waals surface area contributed by atoms with Gasteiger partial charge in [-0.15, -0.1) is 10.2 Å². The summed E-state index contributed by atoms with van der Waals surface area (Å²) in [6.45, 7) is 1.68. The summed E-state index contributed by atoms with van der Waals surface area (Å²) in [7, 11) is 1.59. The molecule has 0 bridgehead atoms. The second kappa shape index (κ2) is 7.28. The van der Waals surface area contributed by atoms with Gasteiger partial charge in [0.15, 0.2) is 10.4 Å². The van der Waals surface area contributed by atoms with Gasteiger partial charge < -0.3 is 9.47 Å². The summed E-state index contributed by atoms with van der Waals surface area (Å²) in [5, 5.41) is 10.9. The van der Waals surface area contributed by atoms with Crippen molar-refractivity contribution in [2.45, 2.75) is 17.4 Å². The summed E-state index contributed by atoms with van der Waals surface area (Å²) in [5.74, 6) is 1.06. The number of carbonyl (C=O) groups excluding carboxylic acids is 1. The molecule has 112 valence electrons. The molecule has 1 amide bonds. The van der Waals surface area contributed by atoms with E-state index in [1.54, 1.807) is 38.3 Å². The van der Waals surface area contributed by atoms with Crippen molar-refractivity contribution in [3.63, 3.8) is 0 Å². The molecule has 0 aliphatic rings. The van der Waals surface area contributed by atoms with Crippen LogP contribution in [0.2, 0.25) is 0 Å². The van der Waals surface area contributed by atoms with Crippen LogP contribution in [0.5, 0.6) is 11.5 Å². The van der Waals surface area contributed by atoms with Gasteiger partial charge in [0.1, 0.15) is 11.5 Å². The quantitative estimate of drug-likeness (QED) is 0.650. The Morgan fingerprint density at radius 2 is 1.95 bits per heavy atom. The first-order chi connectivity index (χ1) is 10.1. The fourth-order valence-corrected chi connectivity index (χ4v) is 2.63. The van der Waals surface area contributed by atoms with Gasteiger partial charge >= 0.3 is 0 Å². The van der Waals surface area contributed by atoms with Crippen molar-refractivity contribution >= 4 is 34.1 Å². The molecule has 1 aromatic carbocycles. The molecule has 8 heteroatoms. The lowest BCUT2D eigenvalue weighted by Gasteiger charge is -2.13. The summed E-state index contributed by atoms with van der Waals surface area (Å²) in [4.78, 5) is 12.0. The second-order valence-electron chi connectivity index (χ2n) is 4.00. The number of nitrogens with one attached hydrogen (secondary N) is 1. The molecule has 0 radical (unpaired) electrons. The second-order valence-corrected chi connectivity index (χ2v) is 6.03. The highest BCUT2D eigenvalue weighted by atomic mass is 32.2. The van der Waals surface area contributed by atoms with E-state index in [4.69, 9.17) is 9.47 Å². The van der Waals surface area contributed by atoms with Gasteiger partial charge in [0, 0.05) is 0 Å². The Kier molecular flexibility index (Phi) is 5.40. The average molecular weight is 325 g/mol. The number of ether oxygens (including phenoxy) is 2. The monoisotopic (exact) mass is 325 g/mol. The third kappa shape index (κ3) is 4.33. The molecule has 1 aromatic heterocycles. The number of methoxy groups -OCH3 is 1. The Hall–Kier alpha value is -1.80. The van der Waals surface area contributed by atoms with Gasteiger partial charge in [-0.2, -0.15) is 0 Å². The van der Waals surface area contributed by atoms with Gasteiger partial charge in [0.05, 0.1) is 7.11 Å². The van der Waals surface area contributed by atoms with E-state index < -0.39 is 6.10 Å². The number of aromatic nitrogens is 2. The summed E-state index contributed by atoms with van der Waals surface area (Å²) in [6, 6.07) is 7.05. The SMILES string of the molecule is COc1ccc(O[C@H](C)C(=O)Nc2nnc(SC)s2)cc1. The van der Waals surface area contributed by atoms with Crippen molar-refractivity contribution in [2.24, 2.45) is 0 Å². The first kappa shape index (κ1) is 15.6. The number of benzene rings is 1. The molecule has 0 saturated carbocycles. The van der Waals surface area contributed by atoms with Crippen molar-refractivity contribution in [3.05, 3.63) is 24.3 Å². The minimum atomic E-state index is -0.639. The van der Waals surface area contributed by atoms with E-state index in [0.717, 1.165) is 10.1 Å². The van der Waals surface area contributed by atoms with E-state index in [-0.39, 0.29) is 5.91 Å². The number of hydrogen-bond donors (Lipinski definition) is 1. The lowest BCUT2D eigenvalue weighted by atomic mass is 10.3. The summed E-state index contributed by atoms with van der Waals surface area (Å²) < 4.78 is 11.4. The van der Waals surface area contributed by atoms with Crippen molar-refractivity contribution < 1.29 is 14.3 Å². The fraction of sp³-hybridized carbons (Fsp3) is 0.308. The molecule has 0 unspecified atom stereocenters. The molecule has 0 spiro atoms. The van der Waals surface area contributed by atoms with Crippen LogP contribution in [-0.2, 0) is 4.79 Å². The maximum atomic E-state index is 12.0. The smallest absolute Gasteiger partial charge is 0.266 e. The Bertz CT molecular complexity index is 601. The summed E-state index contributed by atoms with van der Waals surface area (Å²) in [6.07, 6.45) is 1.27. The number of hydrogen-bond acceptors (Lipinski definition) is 7. The number of carbonyl (C=O) groups is 1. The van der Waals surface area contributed by atoms with Crippen LogP contribution in [0.3, 0.4) is 0 Å².